The summed E-state index contributed by atoms with van der Waals surface area (Å²) in [4.78, 5) is 7.35. The number of aliphatic imine (C=N–C) groups is 1. The first kappa shape index (κ1) is 19.2. The predicted octanol–water partition coefficient (Wildman–Crippen LogP) is 3.29. The molecular weight excluding hydrogens is 327 g/mol. The Kier molecular flexibility index (Phi) is 6.89. The number of unbranched alkanes of at least 4 members (excludes halogenated alkanes) is 1. The fraction of sp³-hybridized carbons (Fsp3) is 0.667. The SMILES string of the molecule is CCNC(=NCC1(c2cccc(F)c2)CC1)NCCCCN1CCCC1. The summed E-state index contributed by atoms with van der Waals surface area (Å²) < 4.78 is 13.5. The third-order valence-electron chi connectivity index (χ3n) is 5.57. The summed E-state index contributed by atoms with van der Waals surface area (Å²) in [5.74, 6) is 0.733. The molecule has 1 saturated carbocycles. The van der Waals surface area contributed by atoms with Crippen molar-refractivity contribution in [3.63, 3.8) is 0 Å². The summed E-state index contributed by atoms with van der Waals surface area (Å²) in [6.07, 6.45) is 7.31. The van der Waals surface area contributed by atoms with Crippen molar-refractivity contribution in [2.75, 3.05) is 39.3 Å². The lowest BCUT2D eigenvalue weighted by Crippen LogP contribution is -2.38. The fourth-order valence-electron chi connectivity index (χ4n) is 3.75. The summed E-state index contributed by atoms with van der Waals surface area (Å²) in [6.45, 7) is 8.39. The maximum atomic E-state index is 13.5. The van der Waals surface area contributed by atoms with Crippen molar-refractivity contribution in [3.8, 4) is 0 Å². The third kappa shape index (κ3) is 5.44. The molecule has 144 valence electrons. The Labute approximate surface area is 157 Å². The van der Waals surface area contributed by atoms with E-state index in [1.807, 2.05) is 6.07 Å². The molecule has 1 aliphatic heterocycles. The minimum absolute atomic E-state index is 0.0419. The zero-order valence-electron chi connectivity index (χ0n) is 16.1. The number of hydrogen-bond donors (Lipinski definition) is 2. The molecule has 1 aliphatic carbocycles. The average molecular weight is 361 g/mol. The highest BCUT2D eigenvalue weighted by atomic mass is 19.1. The van der Waals surface area contributed by atoms with E-state index in [9.17, 15) is 4.39 Å². The standard InChI is InChI=1S/C21H33FN4/c1-2-23-20(24-12-3-4-13-26-14-5-6-15-26)25-17-21(10-11-21)18-8-7-9-19(22)16-18/h7-9,16H,2-6,10-15,17H2,1H3,(H2,23,24,25). The van der Waals surface area contributed by atoms with Crippen LogP contribution < -0.4 is 10.6 Å². The lowest BCUT2D eigenvalue weighted by Gasteiger charge is -2.17. The van der Waals surface area contributed by atoms with Gasteiger partial charge in [-0.05, 0) is 82.8 Å². The minimum atomic E-state index is -0.152. The van der Waals surface area contributed by atoms with Gasteiger partial charge in [0.1, 0.15) is 5.82 Å². The molecule has 0 amide bonds. The first-order valence-electron chi connectivity index (χ1n) is 10.2. The number of rotatable bonds is 9. The van der Waals surface area contributed by atoms with Gasteiger partial charge in [-0.2, -0.15) is 0 Å². The Balaban J connectivity index is 1.44. The highest BCUT2D eigenvalue weighted by Gasteiger charge is 2.44. The second-order valence-corrected chi connectivity index (χ2v) is 7.67. The first-order valence-corrected chi connectivity index (χ1v) is 10.2. The van der Waals surface area contributed by atoms with Crippen molar-refractivity contribution in [2.45, 2.75) is 50.9 Å². The lowest BCUT2D eigenvalue weighted by atomic mass is 9.96. The highest BCUT2D eigenvalue weighted by molar-refractivity contribution is 5.79. The van der Waals surface area contributed by atoms with Crippen LogP contribution >= 0.6 is 0 Å². The summed E-state index contributed by atoms with van der Waals surface area (Å²) in [6, 6.07) is 7.01. The van der Waals surface area contributed by atoms with Crippen molar-refractivity contribution in [3.05, 3.63) is 35.6 Å². The molecule has 0 radical (unpaired) electrons. The Bertz CT molecular complexity index is 591. The lowest BCUT2D eigenvalue weighted by molar-refractivity contribution is 0.330. The summed E-state index contributed by atoms with van der Waals surface area (Å²) in [5, 5.41) is 6.79. The number of likely N-dealkylation sites (tertiary alicyclic amines) is 1. The van der Waals surface area contributed by atoms with Gasteiger partial charge in [0, 0.05) is 18.5 Å². The molecule has 0 aromatic heterocycles. The van der Waals surface area contributed by atoms with Crippen LogP contribution in [0.5, 0.6) is 0 Å². The quantitative estimate of drug-likeness (QED) is 0.403. The van der Waals surface area contributed by atoms with Gasteiger partial charge < -0.3 is 15.5 Å². The summed E-state index contributed by atoms with van der Waals surface area (Å²) in [5.41, 5.74) is 1.13. The molecule has 26 heavy (non-hydrogen) atoms. The van der Waals surface area contributed by atoms with E-state index in [4.69, 9.17) is 4.99 Å². The van der Waals surface area contributed by atoms with Gasteiger partial charge in [0.25, 0.3) is 0 Å². The largest absolute Gasteiger partial charge is 0.357 e. The van der Waals surface area contributed by atoms with Gasteiger partial charge >= 0.3 is 0 Å². The van der Waals surface area contributed by atoms with E-state index in [0.717, 1.165) is 50.4 Å². The Hall–Kier alpha value is -1.62. The van der Waals surface area contributed by atoms with Gasteiger partial charge in [-0.25, -0.2) is 4.39 Å². The molecule has 1 aromatic carbocycles. The van der Waals surface area contributed by atoms with Gasteiger partial charge in [0.15, 0.2) is 5.96 Å². The number of guanidine groups is 1. The van der Waals surface area contributed by atoms with Crippen molar-refractivity contribution in [2.24, 2.45) is 4.99 Å². The molecular formula is C21H33FN4. The Morgan fingerprint density at radius 1 is 1.19 bits per heavy atom. The van der Waals surface area contributed by atoms with Crippen LogP contribution in [0.4, 0.5) is 4.39 Å². The Morgan fingerprint density at radius 2 is 2.00 bits per heavy atom. The number of benzene rings is 1. The molecule has 1 heterocycles. The highest BCUT2D eigenvalue weighted by Crippen LogP contribution is 2.48. The van der Waals surface area contributed by atoms with Crippen molar-refractivity contribution in [1.82, 2.24) is 15.5 Å². The number of nitrogens with one attached hydrogen (secondary N) is 2. The van der Waals surface area contributed by atoms with Crippen LogP contribution in [0.1, 0.15) is 51.0 Å². The van der Waals surface area contributed by atoms with E-state index in [1.54, 1.807) is 12.1 Å². The van der Waals surface area contributed by atoms with Crippen LogP contribution in [0.25, 0.3) is 0 Å². The molecule has 2 fully saturated rings. The predicted molar refractivity (Wildman–Crippen MR) is 106 cm³/mol. The second kappa shape index (κ2) is 9.36. The molecule has 0 unspecified atom stereocenters. The fourth-order valence-corrected chi connectivity index (χ4v) is 3.75. The average Bonchev–Trinajstić information content (AvgIpc) is 3.26. The van der Waals surface area contributed by atoms with E-state index in [0.29, 0.717) is 0 Å². The van der Waals surface area contributed by atoms with E-state index in [1.165, 1.54) is 45.0 Å². The molecule has 3 rings (SSSR count). The summed E-state index contributed by atoms with van der Waals surface area (Å²) in [7, 11) is 0. The van der Waals surface area contributed by atoms with Crippen molar-refractivity contribution >= 4 is 5.96 Å². The number of nitrogens with zero attached hydrogens (tertiary/aromatic N) is 2. The number of halogens is 1. The van der Waals surface area contributed by atoms with Gasteiger partial charge in [-0.3, -0.25) is 4.99 Å². The molecule has 4 nitrogen and oxygen atoms in total. The zero-order valence-corrected chi connectivity index (χ0v) is 16.1. The van der Waals surface area contributed by atoms with Gasteiger partial charge in [-0.15, -0.1) is 0 Å². The van der Waals surface area contributed by atoms with E-state index < -0.39 is 0 Å². The van der Waals surface area contributed by atoms with E-state index >= 15 is 0 Å². The molecule has 0 atom stereocenters. The molecule has 0 spiro atoms. The monoisotopic (exact) mass is 360 g/mol. The van der Waals surface area contributed by atoms with Crippen molar-refractivity contribution < 1.29 is 4.39 Å². The van der Waals surface area contributed by atoms with Gasteiger partial charge in [-0.1, -0.05) is 12.1 Å². The zero-order chi connectivity index (χ0) is 18.2. The summed E-state index contributed by atoms with van der Waals surface area (Å²) >= 11 is 0. The van der Waals surface area contributed by atoms with Gasteiger partial charge in [0.2, 0.25) is 0 Å². The topological polar surface area (TPSA) is 39.7 Å². The van der Waals surface area contributed by atoms with Crippen LogP contribution in [0.2, 0.25) is 0 Å². The molecule has 2 aliphatic rings. The third-order valence-corrected chi connectivity index (χ3v) is 5.57. The van der Waals surface area contributed by atoms with Crippen LogP contribution in [0.15, 0.2) is 29.3 Å². The number of hydrogen-bond acceptors (Lipinski definition) is 2. The molecule has 5 heteroatoms. The first-order chi connectivity index (χ1) is 12.7. The molecule has 1 aromatic rings. The maximum Gasteiger partial charge on any atom is 0.191 e. The van der Waals surface area contributed by atoms with Crippen LogP contribution in [-0.2, 0) is 5.41 Å². The van der Waals surface area contributed by atoms with Crippen LogP contribution in [0, 0.1) is 5.82 Å². The van der Waals surface area contributed by atoms with E-state index in [-0.39, 0.29) is 11.2 Å². The van der Waals surface area contributed by atoms with E-state index in [2.05, 4.69) is 22.5 Å². The van der Waals surface area contributed by atoms with Crippen LogP contribution in [0.3, 0.4) is 0 Å². The normalized spacial score (nSPS) is 19.5. The smallest absolute Gasteiger partial charge is 0.191 e. The van der Waals surface area contributed by atoms with Crippen molar-refractivity contribution in [1.29, 1.82) is 0 Å². The van der Waals surface area contributed by atoms with Gasteiger partial charge in [0.05, 0.1) is 6.54 Å². The second-order valence-electron chi connectivity index (χ2n) is 7.67. The maximum absolute atomic E-state index is 13.5. The molecule has 1 saturated heterocycles. The Morgan fingerprint density at radius 3 is 2.69 bits per heavy atom. The van der Waals surface area contributed by atoms with Crippen LogP contribution in [-0.4, -0.2) is 50.1 Å². The molecule has 2 N–H and O–H groups in total. The minimum Gasteiger partial charge on any atom is -0.357 e. The molecule has 0 bridgehead atoms.